The van der Waals surface area contributed by atoms with Crippen molar-refractivity contribution in [2.24, 2.45) is 52.3 Å². The number of aliphatic hydroxyl groups excluding tert-OH is 5. The van der Waals surface area contributed by atoms with Crippen molar-refractivity contribution in [3.05, 3.63) is 0 Å². The monoisotopic (exact) mass is 648 g/mol. The summed E-state index contributed by atoms with van der Waals surface area (Å²) in [6.45, 7) is 10.6. The van der Waals surface area contributed by atoms with E-state index in [-0.39, 0.29) is 65.0 Å². The average molecular weight is 649 g/mol. The Morgan fingerprint density at radius 3 is 2.20 bits per heavy atom. The molecule has 5 aliphatic rings. The van der Waals surface area contributed by atoms with Crippen LogP contribution in [0.15, 0.2) is 0 Å². The summed E-state index contributed by atoms with van der Waals surface area (Å²) >= 11 is 0. The first-order valence-electron chi connectivity index (χ1n) is 16.8. The van der Waals surface area contributed by atoms with Gasteiger partial charge in [0, 0.05) is 0 Å². The maximum Gasteiger partial charge on any atom is 0.397 e. The van der Waals surface area contributed by atoms with Crippen molar-refractivity contribution in [3.63, 3.8) is 0 Å². The van der Waals surface area contributed by atoms with E-state index in [1.165, 1.54) is 0 Å². The molecule has 0 radical (unpaired) electrons. The molecule has 12 heteroatoms. The molecule has 1 saturated heterocycles. The Kier molecular flexibility index (Phi) is 10.2. The summed E-state index contributed by atoms with van der Waals surface area (Å²) in [5, 5.41) is 52.2. The zero-order chi connectivity index (χ0) is 32.4. The van der Waals surface area contributed by atoms with Gasteiger partial charge in [0.2, 0.25) is 0 Å². The molecule has 0 spiro atoms. The predicted octanol–water partition coefficient (Wildman–Crippen LogP) is 2.67. The standard InChI is InChI=1S/C32H56O11S/c1-16(2)25(42-30-29(37)28(36)24(35)15-41-30)7-6-17(3)21-14-26(43-44(38,39)40)27-19-13-23(34)22-12-18(33)8-10-31(22,4)20(19)9-11-32(21,27)5/h16-30,33-37H,6-15H2,1-5H3,(H,38,39,40)/t17-,18+,19-,20+,21-,22-,23-,24-,25+,26+,27-,28+,29-,30+,31-,32-/m1/s1. The van der Waals surface area contributed by atoms with Crippen LogP contribution in [0.1, 0.15) is 92.4 Å². The van der Waals surface area contributed by atoms with Crippen LogP contribution >= 0.6 is 0 Å². The molecule has 0 aromatic carbocycles. The first kappa shape index (κ1) is 34.9. The van der Waals surface area contributed by atoms with E-state index >= 15 is 0 Å². The Bertz CT molecular complexity index is 1100. The topological polar surface area (TPSA) is 183 Å². The summed E-state index contributed by atoms with van der Waals surface area (Å²) in [5.74, 6) is 0.540. The van der Waals surface area contributed by atoms with Crippen molar-refractivity contribution >= 4 is 10.4 Å². The number of rotatable bonds is 9. The lowest BCUT2D eigenvalue weighted by molar-refractivity contribution is -0.286. The van der Waals surface area contributed by atoms with Gasteiger partial charge in [0.25, 0.3) is 0 Å². The van der Waals surface area contributed by atoms with E-state index in [1.807, 2.05) is 13.8 Å². The first-order valence-corrected chi connectivity index (χ1v) is 18.2. The van der Waals surface area contributed by atoms with Crippen LogP contribution in [0.25, 0.3) is 0 Å². The fourth-order valence-corrected chi connectivity index (χ4v) is 11.3. The van der Waals surface area contributed by atoms with Crippen molar-refractivity contribution in [2.75, 3.05) is 6.61 Å². The van der Waals surface area contributed by atoms with Crippen LogP contribution in [0.2, 0.25) is 0 Å². The summed E-state index contributed by atoms with van der Waals surface area (Å²) in [7, 11) is -4.69. The molecule has 0 aromatic rings. The SMILES string of the molecule is CC(C)[C@H](CC[C@@H](C)[C@H]1C[C@H](OS(=O)(=O)O)[C@H]2[C@@H]3C[C@@H](O)[C@H]4C[C@@H](O)CC[C@]4(C)[C@H]3CC[C@@]21C)O[C@@H]1OC[C@@H](O)[C@H](O)[C@H]1O. The number of ether oxygens (including phenoxy) is 2. The highest BCUT2D eigenvalue weighted by Gasteiger charge is 2.65. The van der Waals surface area contributed by atoms with Crippen LogP contribution in [0.3, 0.4) is 0 Å². The third kappa shape index (κ3) is 6.51. The van der Waals surface area contributed by atoms with E-state index in [9.17, 15) is 38.5 Å². The number of fused-ring (bicyclic) bond motifs is 5. The maximum atomic E-state index is 12.1. The summed E-state index contributed by atoms with van der Waals surface area (Å²) in [4.78, 5) is 0. The molecule has 4 saturated carbocycles. The molecule has 6 N–H and O–H groups in total. The fourth-order valence-electron chi connectivity index (χ4n) is 10.8. The van der Waals surface area contributed by atoms with E-state index in [0.29, 0.717) is 32.1 Å². The van der Waals surface area contributed by atoms with E-state index in [4.69, 9.17) is 13.7 Å². The van der Waals surface area contributed by atoms with Gasteiger partial charge in [-0.2, -0.15) is 8.42 Å². The van der Waals surface area contributed by atoms with Gasteiger partial charge >= 0.3 is 10.4 Å². The molecule has 4 aliphatic carbocycles. The van der Waals surface area contributed by atoms with Crippen molar-refractivity contribution in [1.82, 2.24) is 0 Å². The molecule has 11 nitrogen and oxygen atoms in total. The van der Waals surface area contributed by atoms with Gasteiger partial charge in [-0.15, -0.1) is 0 Å². The molecule has 5 rings (SSSR count). The number of hydrogen-bond donors (Lipinski definition) is 6. The van der Waals surface area contributed by atoms with Gasteiger partial charge in [-0.25, -0.2) is 4.18 Å². The quantitative estimate of drug-likeness (QED) is 0.202. The minimum absolute atomic E-state index is 0.0120. The van der Waals surface area contributed by atoms with Gasteiger partial charge in [0.1, 0.15) is 18.3 Å². The molecule has 44 heavy (non-hydrogen) atoms. The van der Waals surface area contributed by atoms with Crippen LogP contribution in [-0.2, 0) is 24.1 Å². The average Bonchev–Trinajstić information content (AvgIpc) is 3.22. The molecule has 5 fully saturated rings. The zero-order valence-electron chi connectivity index (χ0n) is 26.9. The lowest BCUT2D eigenvalue weighted by Gasteiger charge is -2.62. The van der Waals surface area contributed by atoms with Crippen LogP contribution in [0, 0.1) is 52.3 Å². The second-order valence-electron chi connectivity index (χ2n) is 15.8. The van der Waals surface area contributed by atoms with Crippen molar-refractivity contribution in [2.45, 2.75) is 141 Å². The molecular weight excluding hydrogens is 592 g/mol. The maximum absolute atomic E-state index is 12.1. The first-order chi connectivity index (χ1) is 20.5. The highest BCUT2D eigenvalue weighted by molar-refractivity contribution is 7.80. The van der Waals surface area contributed by atoms with E-state index in [2.05, 4.69) is 20.8 Å². The fraction of sp³-hybridized carbons (Fsp3) is 1.00. The predicted molar refractivity (Wildman–Crippen MR) is 160 cm³/mol. The molecule has 0 amide bonds. The summed E-state index contributed by atoms with van der Waals surface area (Å²) < 4.78 is 51.2. The normalized spacial score (nSPS) is 49.2. The van der Waals surface area contributed by atoms with Crippen molar-refractivity contribution in [3.8, 4) is 0 Å². The summed E-state index contributed by atoms with van der Waals surface area (Å²) in [5.41, 5.74) is -0.406. The Morgan fingerprint density at radius 2 is 1.55 bits per heavy atom. The minimum atomic E-state index is -4.69. The van der Waals surface area contributed by atoms with Crippen molar-refractivity contribution < 1.29 is 52.2 Å². The van der Waals surface area contributed by atoms with Crippen LogP contribution in [0.5, 0.6) is 0 Å². The summed E-state index contributed by atoms with van der Waals surface area (Å²) in [6, 6.07) is 0. The minimum Gasteiger partial charge on any atom is -0.393 e. The summed E-state index contributed by atoms with van der Waals surface area (Å²) in [6.07, 6.45) is -0.441. The number of hydrogen-bond acceptors (Lipinski definition) is 10. The van der Waals surface area contributed by atoms with Crippen molar-refractivity contribution in [1.29, 1.82) is 0 Å². The highest BCUT2D eigenvalue weighted by atomic mass is 32.3. The lowest BCUT2D eigenvalue weighted by Crippen LogP contribution is -2.59. The van der Waals surface area contributed by atoms with Crippen LogP contribution in [0.4, 0.5) is 0 Å². The Morgan fingerprint density at radius 1 is 0.864 bits per heavy atom. The molecule has 1 aliphatic heterocycles. The molecule has 0 unspecified atom stereocenters. The van der Waals surface area contributed by atoms with E-state index in [1.54, 1.807) is 0 Å². The Labute approximate surface area is 262 Å². The van der Waals surface area contributed by atoms with E-state index < -0.39 is 53.3 Å². The van der Waals surface area contributed by atoms with Gasteiger partial charge in [-0.1, -0.05) is 34.6 Å². The number of aliphatic hydroxyl groups is 5. The second kappa shape index (κ2) is 12.9. The molecule has 0 bridgehead atoms. The Balaban J connectivity index is 1.34. The molecule has 256 valence electrons. The molecule has 16 atom stereocenters. The van der Waals surface area contributed by atoms with E-state index in [0.717, 1.165) is 25.7 Å². The van der Waals surface area contributed by atoms with Gasteiger partial charge in [-0.05, 0) is 110 Å². The van der Waals surface area contributed by atoms with Gasteiger partial charge in [0.05, 0.1) is 31.0 Å². The molecule has 0 aromatic heterocycles. The lowest BCUT2D eigenvalue weighted by atomic mass is 9.43. The zero-order valence-corrected chi connectivity index (χ0v) is 27.7. The Hall–Kier alpha value is -0.410. The van der Waals surface area contributed by atoms with Crippen LogP contribution in [-0.4, -0.2) is 94.1 Å². The highest BCUT2D eigenvalue weighted by Crippen LogP contribution is 2.69. The van der Waals surface area contributed by atoms with Gasteiger partial charge in [-0.3, -0.25) is 4.55 Å². The molecular formula is C32H56O11S. The molecule has 1 heterocycles. The van der Waals surface area contributed by atoms with Gasteiger partial charge < -0.3 is 35.0 Å². The second-order valence-corrected chi connectivity index (χ2v) is 16.9. The smallest absolute Gasteiger partial charge is 0.393 e. The van der Waals surface area contributed by atoms with Gasteiger partial charge in [0.15, 0.2) is 6.29 Å². The van der Waals surface area contributed by atoms with Crippen LogP contribution < -0.4 is 0 Å². The third-order valence-electron chi connectivity index (χ3n) is 13.0. The largest absolute Gasteiger partial charge is 0.397 e. The third-order valence-corrected chi connectivity index (χ3v) is 13.5.